The van der Waals surface area contributed by atoms with E-state index in [2.05, 4.69) is 15.6 Å². The molecule has 1 aliphatic heterocycles. The van der Waals surface area contributed by atoms with Crippen molar-refractivity contribution in [2.45, 2.75) is 12.8 Å². The molecule has 10 heteroatoms. The number of rotatable bonds is 7. The van der Waals surface area contributed by atoms with E-state index < -0.39 is 10.0 Å². The van der Waals surface area contributed by atoms with Gasteiger partial charge in [-0.25, -0.2) is 17.9 Å². The lowest BCUT2D eigenvalue weighted by atomic mass is 10.1. The zero-order valence-corrected chi connectivity index (χ0v) is 17.3. The smallest absolute Gasteiger partial charge is 0.210 e. The Labute approximate surface area is 175 Å². The molecule has 0 saturated heterocycles. The lowest BCUT2D eigenvalue weighted by Crippen LogP contribution is -2.33. The summed E-state index contributed by atoms with van der Waals surface area (Å²) in [6.45, 7) is 1.63. The number of hydrogen-bond donors (Lipinski definition) is 3. The van der Waals surface area contributed by atoms with Gasteiger partial charge in [-0.3, -0.25) is 4.99 Å². The Morgan fingerprint density at radius 3 is 2.70 bits per heavy atom. The fourth-order valence-corrected chi connectivity index (χ4v) is 3.17. The standard InChI is InChI=1S/C20H25FN4O4S/c21-16-4-1-3-15(13-16)7-8-23-20(24-9-12-30(22,26)27)25-17-5-6-18-19(14-17)29-11-2-10-28-18/h1,3-6,13-14H,2,7-12H2,(H2,22,26,27)(H2,23,24,25). The van der Waals surface area contributed by atoms with Crippen LogP contribution < -0.4 is 25.2 Å². The van der Waals surface area contributed by atoms with E-state index in [0.29, 0.717) is 49.3 Å². The number of nitrogens with zero attached hydrogens (tertiary/aromatic N) is 1. The first kappa shape index (κ1) is 21.8. The molecule has 3 rings (SSSR count). The Balaban J connectivity index is 1.67. The van der Waals surface area contributed by atoms with Crippen molar-refractivity contribution in [3.63, 3.8) is 0 Å². The summed E-state index contributed by atoms with van der Waals surface area (Å²) in [5, 5.41) is 11.3. The number of halogens is 1. The quantitative estimate of drug-likeness (QED) is 0.451. The molecule has 2 aromatic carbocycles. The third kappa shape index (κ3) is 7.20. The molecule has 8 nitrogen and oxygen atoms in total. The van der Waals surface area contributed by atoms with Gasteiger partial charge in [0.2, 0.25) is 10.0 Å². The van der Waals surface area contributed by atoms with E-state index in [0.717, 1.165) is 12.0 Å². The molecule has 0 atom stereocenters. The molecule has 0 aliphatic carbocycles. The lowest BCUT2D eigenvalue weighted by Gasteiger charge is -2.14. The second-order valence-corrected chi connectivity index (χ2v) is 8.47. The van der Waals surface area contributed by atoms with Crippen molar-refractivity contribution in [1.29, 1.82) is 0 Å². The zero-order chi connectivity index (χ0) is 21.4. The third-order valence-corrected chi connectivity index (χ3v) is 5.00. The van der Waals surface area contributed by atoms with Crippen LogP contribution in [-0.2, 0) is 16.4 Å². The number of nitrogens with two attached hydrogens (primary N) is 1. The second kappa shape index (κ2) is 10.3. The van der Waals surface area contributed by atoms with Crippen molar-refractivity contribution in [2.75, 3.05) is 37.4 Å². The summed E-state index contributed by atoms with van der Waals surface area (Å²) in [5.41, 5.74) is 1.54. The summed E-state index contributed by atoms with van der Waals surface area (Å²) in [7, 11) is -3.62. The van der Waals surface area contributed by atoms with Gasteiger partial charge in [0.05, 0.1) is 25.5 Å². The number of fused-ring (bicyclic) bond motifs is 1. The molecule has 30 heavy (non-hydrogen) atoms. The predicted molar refractivity (Wildman–Crippen MR) is 114 cm³/mol. The van der Waals surface area contributed by atoms with Crippen molar-refractivity contribution in [1.82, 2.24) is 5.32 Å². The average molecular weight is 437 g/mol. The van der Waals surface area contributed by atoms with Crippen LogP contribution in [0.1, 0.15) is 12.0 Å². The van der Waals surface area contributed by atoms with E-state index in [1.165, 1.54) is 12.1 Å². The first-order valence-corrected chi connectivity index (χ1v) is 11.3. The van der Waals surface area contributed by atoms with E-state index in [9.17, 15) is 12.8 Å². The monoisotopic (exact) mass is 436 g/mol. The normalized spacial score (nSPS) is 14.1. The Hall–Kier alpha value is -2.85. The van der Waals surface area contributed by atoms with Crippen LogP contribution in [0.4, 0.5) is 10.1 Å². The Bertz CT molecular complexity index is 998. The maximum Gasteiger partial charge on any atom is 0.210 e. The molecule has 2 aromatic rings. The molecule has 162 valence electrons. The van der Waals surface area contributed by atoms with E-state index in [1.54, 1.807) is 18.2 Å². The lowest BCUT2D eigenvalue weighted by molar-refractivity contribution is 0.297. The summed E-state index contributed by atoms with van der Waals surface area (Å²) < 4.78 is 47.0. The molecule has 0 unspecified atom stereocenters. The van der Waals surface area contributed by atoms with Gasteiger partial charge in [0.15, 0.2) is 17.5 Å². The van der Waals surface area contributed by atoms with Gasteiger partial charge in [-0.15, -0.1) is 0 Å². The van der Waals surface area contributed by atoms with Gasteiger partial charge in [0.1, 0.15) is 5.82 Å². The highest BCUT2D eigenvalue weighted by Crippen LogP contribution is 2.32. The van der Waals surface area contributed by atoms with Crippen molar-refractivity contribution in [3.8, 4) is 11.5 Å². The van der Waals surface area contributed by atoms with Gasteiger partial charge in [-0.1, -0.05) is 12.1 Å². The molecule has 1 aliphatic rings. The number of ether oxygens (including phenoxy) is 2. The van der Waals surface area contributed by atoms with Crippen molar-refractivity contribution in [3.05, 3.63) is 53.8 Å². The highest BCUT2D eigenvalue weighted by atomic mass is 32.2. The zero-order valence-electron chi connectivity index (χ0n) is 16.4. The number of aliphatic imine (C=N–C) groups is 1. The van der Waals surface area contributed by atoms with E-state index in [4.69, 9.17) is 14.6 Å². The van der Waals surface area contributed by atoms with Crippen molar-refractivity contribution >= 4 is 21.7 Å². The number of sulfonamides is 1. The van der Waals surface area contributed by atoms with Gasteiger partial charge < -0.3 is 20.1 Å². The van der Waals surface area contributed by atoms with Crippen LogP contribution in [-0.4, -0.2) is 46.4 Å². The first-order valence-electron chi connectivity index (χ1n) is 9.59. The highest BCUT2D eigenvalue weighted by molar-refractivity contribution is 7.89. The topological polar surface area (TPSA) is 115 Å². The van der Waals surface area contributed by atoms with Crippen LogP contribution in [0.15, 0.2) is 47.5 Å². The van der Waals surface area contributed by atoms with Crippen LogP contribution in [0.2, 0.25) is 0 Å². The molecule has 0 aromatic heterocycles. The van der Waals surface area contributed by atoms with Crippen LogP contribution in [0, 0.1) is 5.82 Å². The summed E-state index contributed by atoms with van der Waals surface area (Å²) >= 11 is 0. The maximum atomic E-state index is 13.3. The number of anilines is 1. The molecule has 0 bridgehead atoms. The average Bonchev–Trinajstić information content (AvgIpc) is 2.92. The molecule has 1 heterocycles. The van der Waals surface area contributed by atoms with E-state index in [1.807, 2.05) is 12.1 Å². The van der Waals surface area contributed by atoms with Crippen LogP contribution in [0.5, 0.6) is 11.5 Å². The largest absolute Gasteiger partial charge is 0.490 e. The fraction of sp³-hybridized carbons (Fsp3) is 0.350. The Morgan fingerprint density at radius 2 is 1.93 bits per heavy atom. The molecular weight excluding hydrogens is 411 g/mol. The highest BCUT2D eigenvalue weighted by Gasteiger charge is 2.12. The third-order valence-electron chi connectivity index (χ3n) is 4.25. The summed E-state index contributed by atoms with van der Waals surface area (Å²) in [6.07, 6.45) is 1.37. The Kier molecular flexibility index (Phi) is 7.47. The van der Waals surface area contributed by atoms with Crippen LogP contribution in [0.3, 0.4) is 0 Å². The fourth-order valence-electron chi connectivity index (χ4n) is 2.82. The molecule has 0 spiro atoms. The van der Waals surface area contributed by atoms with Crippen LogP contribution >= 0.6 is 0 Å². The molecule has 0 fully saturated rings. The predicted octanol–water partition coefficient (Wildman–Crippen LogP) is 1.88. The molecular formula is C20H25FN4O4S. The van der Waals surface area contributed by atoms with E-state index >= 15 is 0 Å². The van der Waals surface area contributed by atoms with Gasteiger partial charge in [0, 0.05) is 24.7 Å². The van der Waals surface area contributed by atoms with Crippen molar-refractivity contribution in [2.24, 2.45) is 10.1 Å². The minimum atomic E-state index is -3.62. The number of guanidine groups is 1. The second-order valence-electron chi connectivity index (χ2n) is 6.74. The van der Waals surface area contributed by atoms with E-state index in [-0.39, 0.29) is 18.1 Å². The summed E-state index contributed by atoms with van der Waals surface area (Å²) in [6, 6.07) is 11.8. The van der Waals surface area contributed by atoms with Crippen LogP contribution in [0.25, 0.3) is 0 Å². The van der Waals surface area contributed by atoms with Gasteiger partial charge >= 0.3 is 0 Å². The molecule has 0 radical (unpaired) electrons. The van der Waals surface area contributed by atoms with Gasteiger partial charge in [-0.2, -0.15) is 0 Å². The first-order chi connectivity index (χ1) is 14.4. The molecule has 4 N–H and O–H groups in total. The SMILES string of the molecule is NS(=O)(=O)CCN=C(NCCc1cccc(F)c1)Nc1ccc2c(c1)OCCCO2. The van der Waals surface area contributed by atoms with Gasteiger partial charge in [-0.05, 0) is 36.2 Å². The van der Waals surface area contributed by atoms with Crippen molar-refractivity contribution < 1.29 is 22.3 Å². The summed E-state index contributed by atoms with van der Waals surface area (Å²) in [4.78, 5) is 4.27. The summed E-state index contributed by atoms with van der Waals surface area (Å²) in [5.74, 6) is 1.11. The molecule has 0 saturated carbocycles. The maximum absolute atomic E-state index is 13.3. The minimum Gasteiger partial charge on any atom is -0.490 e. The number of benzene rings is 2. The number of primary sulfonamides is 1. The van der Waals surface area contributed by atoms with Gasteiger partial charge in [0.25, 0.3) is 0 Å². The number of hydrogen-bond acceptors (Lipinski definition) is 5. The number of nitrogens with one attached hydrogen (secondary N) is 2. The minimum absolute atomic E-state index is 0.00131. The Morgan fingerprint density at radius 1 is 1.13 bits per heavy atom. The molecule has 0 amide bonds.